The van der Waals surface area contributed by atoms with E-state index >= 15 is 0 Å². The highest BCUT2D eigenvalue weighted by atomic mass is 16.5. The quantitative estimate of drug-likeness (QED) is 0.629. The zero-order chi connectivity index (χ0) is 7.61. The van der Waals surface area contributed by atoms with Crippen LogP contribution in [0.3, 0.4) is 0 Å². The van der Waals surface area contributed by atoms with Crippen LogP contribution in [-0.2, 0) is 4.74 Å². The molecule has 1 aliphatic rings. The molecule has 0 saturated carbocycles. The van der Waals surface area contributed by atoms with E-state index in [1.54, 1.807) is 0 Å². The average molecular weight is 143 g/mol. The summed E-state index contributed by atoms with van der Waals surface area (Å²) in [6.07, 6.45) is 2.22. The van der Waals surface area contributed by atoms with Crippen molar-refractivity contribution in [3.05, 3.63) is 0 Å². The van der Waals surface area contributed by atoms with E-state index in [1.165, 1.54) is 0 Å². The van der Waals surface area contributed by atoms with E-state index in [1.807, 2.05) is 0 Å². The molecule has 2 atom stereocenters. The molecular formula is C8H17NO. The van der Waals surface area contributed by atoms with Gasteiger partial charge in [0, 0.05) is 12.5 Å². The van der Waals surface area contributed by atoms with Gasteiger partial charge in [-0.3, -0.25) is 0 Å². The minimum Gasteiger partial charge on any atom is -0.375 e. The van der Waals surface area contributed by atoms with Crippen molar-refractivity contribution >= 4 is 0 Å². The van der Waals surface area contributed by atoms with E-state index < -0.39 is 0 Å². The minimum atomic E-state index is 0.0781. The Labute approximate surface area is 62.7 Å². The van der Waals surface area contributed by atoms with Crippen molar-refractivity contribution in [2.45, 2.75) is 32.3 Å². The van der Waals surface area contributed by atoms with Gasteiger partial charge in [0.1, 0.15) is 0 Å². The predicted octanol–water partition coefficient (Wildman–Crippen LogP) is 1.15. The van der Waals surface area contributed by atoms with Gasteiger partial charge in [-0.15, -0.1) is 0 Å². The third kappa shape index (κ3) is 1.18. The number of ether oxygens (including phenoxy) is 1. The molecule has 2 N–H and O–H groups in total. The van der Waals surface area contributed by atoms with Gasteiger partial charge in [0.05, 0.1) is 5.60 Å². The zero-order valence-corrected chi connectivity index (χ0v) is 6.89. The van der Waals surface area contributed by atoms with E-state index in [9.17, 15) is 0 Å². The van der Waals surface area contributed by atoms with Crippen LogP contribution in [0.4, 0.5) is 0 Å². The average Bonchev–Trinajstić information content (AvgIpc) is 2.32. The molecule has 0 radical (unpaired) electrons. The maximum atomic E-state index is 5.61. The molecular weight excluding hydrogens is 126 g/mol. The second-order valence-corrected chi connectivity index (χ2v) is 3.24. The standard InChI is InChI=1S/C8H17NO/c1-3-8(2)7(6-9)4-5-10-8/h7H,3-6,9H2,1-2H3. The third-order valence-electron chi connectivity index (χ3n) is 2.75. The van der Waals surface area contributed by atoms with Crippen LogP contribution in [0.25, 0.3) is 0 Å². The molecule has 0 aromatic heterocycles. The van der Waals surface area contributed by atoms with E-state index in [0.29, 0.717) is 5.92 Å². The Morgan fingerprint density at radius 2 is 2.40 bits per heavy atom. The molecule has 1 rings (SSSR count). The van der Waals surface area contributed by atoms with Crippen molar-refractivity contribution < 1.29 is 4.74 Å². The molecule has 0 amide bonds. The number of hydrogen-bond acceptors (Lipinski definition) is 2. The largest absolute Gasteiger partial charge is 0.375 e. The molecule has 0 bridgehead atoms. The lowest BCUT2D eigenvalue weighted by Gasteiger charge is -2.27. The van der Waals surface area contributed by atoms with Gasteiger partial charge in [-0.25, -0.2) is 0 Å². The molecule has 60 valence electrons. The van der Waals surface area contributed by atoms with Gasteiger partial charge in [0.2, 0.25) is 0 Å². The first kappa shape index (κ1) is 8.02. The fourth-order valence-electron chi connectivity index (χ4n) is 1.62. The second-order valence-electron chi connectivity index (χ2n) is 3.24. The lowest BCUT2D eigenvalue weighted by Crippen LogP contribution is -2.35. The minimum absolute atomic E-state index is 0.0781. The molecule has 2 unspecified atom stereocenters. The smallest absolute Gasteiger partial charge is 0.0692 e. The van der Waals surface area contributed by atoms with Crippen molar-refractivity contribution in [1.82, 2.24) is 0 Å². The summed E-state index contributed by atoms with van der Waals surface area (Å²) in [7, 11) is 0. The Balaban J connectivity index is 2.56. The van der Waals surface area contributed by atoms with Crippen LogP contribution in [0.2, 0.25) is 0 Å². The highest BCUT2D eigenvalue weighted by Gasteiger charge is 2.37. The first-order valence-electron chi connectivity index (χ1n) is 4.07. The van der Waals surface area contributed by atoms with Crippen LogP contribution in [-0.4, -0.2) is 18.8 Å². The highest BCUT2D eigenvalue weighted by Crippen LogP contribution is 2.33. The first-order chi connectivity index (χ1) is 4.73. The lowest BCUT2D eigenvalue weighted by molar-refractivity contribution is -0.00647. The topological polar surface area (TPSA) is 35.2 Å². The maximum Gasteiger partial charge on any atom is 0.0692 e. The van der Waals surface area contributed by atoms with Gasteiger partial charge in [0.25, 0.3) is 0 Å². The monoisotopic (exact) mass is 143 g/mol. The Bertz CT molecular complexity index is 116. The summed E-state index contributed by atoms with van der Waals surface area (Å²) in [5.41, 5.74) is 5.68. The van der Waals surface area contributed by atoms with Crippen molar-refractivity contribution in [2.24, 2.45) is 11.7 Å². The van der Waals surface area contributed by atoms with Gasteiger partial charge in [0.15, 0.2) is 0 Å². The van der Waals surface area contributed by atoms with Gasteiger partial charge >= 0.3 is 0 Å². The molecule has 2 heteroatoms. The van der Waals surface area contributed by atoms with Crippen molar-refractivity contribution in [3.8, 4) is 0 Å². The zero-order valence-electron chi connectivity index (χ0n) is 6.89. The molecule has 0 aliphatic carbocycles. The molecule has 1 saturated heterocycles. The van der Waals surface area contributed by atoms with E-state index in [2.05, 4.69) is 13.8 Å². The summed E-state index contributed by atoms with van der Waals surface area (Å²) in [6.45, 7) is 5.99. The molecule has 10 heavy (non-hydrogen) atoms. The Morgan fingerprint density at radius 3 is 2.80 bits per heavy atom. The summed E-state index contributed by atoms with van der Waals surface area (Å²) in [6, 6.07) is 0. The molecule has 0 aromatic carbocycles. The fourth-order valence-corrected chi connectivity index (χ4v) is 1.62. The summed E-state index contributed by atoms with van der Waals surface area (Å²) >= 11 is 0. The summed E-state index contributed by atoms with van der Waals surface area (Å²) in [5.74, 6) is 0.581. The van der Waals surface area contributed by atoms with Crippen LogP contribution < -0.4 is 5.73 Å². The van der Waals surface area contributed by atoms with Gasteiger partial charge < -0.3 is 10.5 Å². The van der Waals surface area contributed by atoms with Gasteiger partial charge in [-0.2, -0.15) is 0 Å². The predicted molar refractivity (Wildman–Crippen MR) is 41.8 cm³/mol. The van der Waals surface area contributed by atoms with Crippen LogP contribution in [0.15, 0.2) is 0 Å². The fraction of sp³-hybridized carbons (Fsp3) is 1.00. The van der Waals surface area contributed by atoms with Crippen molar-refractivity contribution in [1.29, 1.82) is 0 Å². The highest BCUT2D eigenvalue weighted by molar-refractivity contribution is 4.87. The molecule has 1 aliphatic heterocycles. The SMILES string of the molecule is CCC1(C)OCCC1CN. The van der Waals surface area contributed by atoms with Gasteiger partial charge in [-0.1, -0.05) is 6.92 Å². The van der Waals surface area contributed by atoms with Crippen molar-refractivity contribution in [2.75, 3.05) is 13.2 Å². The van der Waals surface area contributed by atoms with Crippen LogP contribution in [0, 0.1) is 5.92 Å². The Hall–Kier alpha value is -0.0800. The normalized spacial score (nSPS) is 40.5. The Kier molecular flexibility index (Phi) is 2.32. The number of rotatable bonds is 2. The maximum absolute atomic E-state index is 5.61. The summed E-state index contributed by atoms with van der Waals surface area (Å²) in [4.78, 5) is 0. The van der Waals surface area contributed by atoms with E-state index in [4.69, 9.17) is 10.5 Å². The number of nitrogens with two attached hydrogens (primary N) is 1. The van der Waals surface area contributed by atoms with Crippen molar-refractivity contribution in [3.63, 3.8) is 0 Å². The van der Waals surface area contributed by atoms with Crippen LogP contribution >= 0.6 is 0 Å². The molecule has 0 aromatic rings. The van der Waals surface area contributed by atoms with E-state index in [-0.39, 0.29) is 5.60 Å². The van der Waals surface area contributed by atoms with Gasteiger partial charge in [-0.05, 0) is 26.3 Å². The molecule has 0 spiro atoms. The molecule has 1 fully saturated rings. The molecule has 2 nitrogen and oxygen atoms in total. The van der Waals surface area contributed by atoms with Crippen LogP contribution in [0.1, 0.15) is 26.7 Å². The number of hydrogen-bond donors (Lipinski definition) is 1. The van der Waals surface area contributed by atoms with Crippen LogP contribution in [0.5, 0.6) is 0 Å². The summed E-state index contributed by atoms with van der Waals surface area (Å²) < 4.78 is 5.61. The summed E-state index contributed by atoms with van der Waals surface area (Å²) in [5, 5.41) is 0. The van der Waals surface area contributed by atoms with E-state index in [0.717, 1.165) is 26.0 Å². The Morgan fingerprint density at radius 1 is 1.70 bits per heavy atom. The first-order valence-corrected chi connectivity index (χ1v) is 4.07. The third-order valence-corrected chi connectivity index (χ3v) is 2.75. The molecule has 1 heterocycles. The lowest BCUT2D eigenvalue weighted by atomic mass is 9.87. The second kappa shape index (κ2) is 2.89.